The van der Waals surface area contributed by atoms with E-state index in [1.54, 1.807) is 20.8 Å². The first-order chi connectivity index (χ1) is 15.7. The standard InChI is InChI=1S/C21H38N6O7/c1-7-11(4)17(20(32)24-8-14(28)25-13(6)21(33)34)26-15(29)9-23-19(31)16(10(2)3)27-18(30)12(5)22/h10-13,16-17H,7-9,22H2,1-6H3,(H,23,31)(H,24,32)(H,25,28)(H,26,29)(H,27,30)(H,33,34)/t11?,12-,13-,16-,17-/m0/s1. The summed E-state index contributed by atoms with van der Waals surface area (Å²) in [5.41, 5.74) is 5.51. The fraction of sp³-hybridized carbons (Fsp3) is 0.714. The van der Waals surface area contributed by atoms with E-state index in [1.807, 2.05) is 6.92 Å². The molecule has 0 heterocycles. The number of amides is 5. The van der Waals surface area contributed by atoms with Crippen molar-refractivity contribution in [3.05, 3.63) is 0 Å². The van der Waals surface area contributed by atoms with Gasteiger partial charge in [-0.25, -0.2) is 0 Å². The molecule has 5 atom stereocenters. The van der Waals surface area contributed by atoms with E-state index in [1.165, 1.54) is 13.8 Å². The lowest BCUT2D eigenvalue weighted by Gasteiger charge is -2.25. The van der Waals surface area contributed by atoms with Crippen LogP contribution in [-0.2, 0) is 28.8 Å². The number of hydrogen-bond donors (Lipinski definition) is 7. The number of nitrogens with one attached hydrogen (secondary N) is 5. The fourth-order valence-electron chi connectivity index (χ4n) is 2.66. The molecule has 0 aromatic rings. The SMILES string of the molecule is CCC(C)[C@H](NC(=O)CNC(=O)[C@@H](NC(=O)[C@H](C)N)C(C)C)C(=O)NCC(=O)N[C@@H](C)C(=O)O. The molecule has 0 aromatic heterocycles. The lowest BCUT2D eigenvalue weighted by atomic mass is 9.98. The van der Waals surface area contributed by atoms with Crippen LogP contribution in [0.15, 0.2) is 0 Å². The first-order valence-electron chi connectivity index (χ1n) is 11.1. The molecule has 194 valence electrons. The molecule has 0 aliphatic rings. The van der Waals surface area contributed by atoms with Gasteiger partial charge in [-0.05, 0) is 25.7 Å². The summed E-state index contributed by atoms with van der Waals surface area (Å²) >= 11 is 0. The molecule has 13 heteroatoms. The number of carbonyl (C=O) groups excluding carboxylic acids is 5. The third-order valence-electron chi connectivity index (χ3n) is 5.07. The monoisotopic (exact) mass is 486 g/mol. The Morgan fingerprint density at radius 3 is 1.62 bits per heavy atom. The predicted octanol–water partition coefficient (Wildman–Crippen LogP) is -2.17. The molecule has 13 nitrogen and oxygen atoms in total. The van der Waals surface area contributed by atoms with Gasteiger partial charge in [0.25, 0.3) is 0 Å². The molecule has 0 rings (SSSR count). The van der Waals surface area contributed by atoms with Crippen molar-refractivity contribution in [2.45, 2.75) is 72.1 Å². The lowest BCUT2D eigenvalue weighted by Crippen LogP contribution is -2.56. The number of nitrogens with two attached hydrogens (primary N) is 1. The van der Waals surface area contributed by atoms with Crippen molar-refractivity contribution < 1.29 is 33.9 Å². The van der Waals surface area contributed by atoms with Gasteiger partial charge >= 0.3 is 5.97 Å². The average molecular weight is 487 g/mol. The van der Waals surface area contributed by atoms with E-state index in [9.17, 15) is 28.8 Å². The highest BCUT2D eigenvalue weighted by atomic mass is 16.4. The first-order valence-corrected chi connectivity index (χ1v) is 11.1. The summed E-state index contributed by atoms with van der Waals surface area (Å²) in [7, 11) is 0. The molecule has 0 aliphatic heterocycles. The molecule has 8 N–H and O–H groups in total. The van der Waals surface area contributed by atoms with Crippen LogP contribution in [0.1, 0.15) is 48.0 Å². The second-order valence-electron chi connectivity index (χ2n) is 8.51. The molecule has 0 aromatic carbocycles. The third kappa shape index (κ3) is 11.1. The van der Waals surface area contributed by atoms with Crippen LogP contribution in [0, 0.1) is 11.8 Å². The van der Waals surface area contributed by atoms with Gasteiger partial charge in [0.1, 0.15) is 18.1 Å². The summed E-state index contributed by atoms with van der Waals surface area (Å²) < 4.78 is 0. The zero-order chi connectivity index (χ0) is 26.6. The largest absolute Gasteiger partial charge is 0.480 e. The zero-order valence-electron chi connectivity index (χ0n) is 20.6. The molecule has 0 saturated carbocycles. The maximum atomic E-state index is 12.6. The number of hydrogen-bond acceptors (Lipinski definition) is 7. The van der Waals surface area contributed by atoms with Crippen molar-refractivity contribution in [2.24, 2.45) is 17.6 Å². The molecule has 34 heavy (non-hydrogen) atoms. The highest BCUT2D eigenvalue weighted by Crippen LogP contribution is 2.08. The summed E-state index contributed by atoms with van der Waals surface area (Å²) in [6.45, 7) is 8.85. The first kappa shape index (κ1) is 30.8. The quantitative estimate of drug-likeness (QED) is 0.143. The van der Waals surface area contributed by atoms with Gasteiger partial charge in [0.15, 0.2) is 0 Å². The highest BCUT2D eigenvalue weighted by Gasteiger charge is 2.28. The Hall–Kier alpha value is -3.22. The molecule has 0 radical (unpaired) electrons. The summed E-state index contributed by atoms with van der Waals surface area (Å²) in [6.07, 6.45) is 0.533. The van der Waals surface area contributed by atoms with Crippen LogP contribution in [0.3, 0.4) is 0 Å². The Kier molecular flexibility index (Phi) is 13.4. The van der Waals surface area contributed by atoms with E-state index in [-0.39, 0.29) is 11.8 Å². The second-order valence-corrected chi connectivity index (χ2v) is 8.51. The Balaban J connectivity index is 4.95. The van der Waals surface area contributed by atoms with E-state index >= 15 is 0 Å². The van der Waals surface area contributed by atoms with E-state index in [0.717, 1.165) is 0 Å². The zero-order valence-corrected chi connectivity index (χ0v) is 20.6. The van der Waals surface area contributed by atoms with Gasteiger partial charge in [0, 0.05) is 0 Å². The van der Waals surface area contributed by atoms with Gasteiger partial charge in [-0.15, -0.1) is 0 Å². The predicted molar refractivity (Wildman–Crippen MR) is 123 cm³/mol. The molecule has 0 aliphatic carbocycles. The normalized spacial score (nSPS) is 15.2. The molecule has 0 bridgehead atoms. The van der Waals surface area contributed by atoms with Crippen LogP contribution in [0.5, 0.6) is 0 Å². The van der Waals surface area contributed by atoms with Crippen LogP contribution in [-0.4, -0.2) is 77.9 Å². The molecule has 0 fully saturated rings. The minimum absolute atomic E-state index is 0.264. The lowest BCUT2D eigenvalue weighted by molar-refractivity contribution is -0.141. The average Bonchev–Trinajstić information content (AvgIpc) is 2.76. The van der Waals surface area contributed by atoms with E-state index < -0.39 is 72.8 Å². The van der Waals surface area contributed by atoms with Crippen molar-refractivity contribution >= 4 is 35.5 Å². The van der Waals surface area contributed by atoms with Crippen LogP contribution in [0.2, 0.25) is 0 Å². The maximum Gasteiger partial charge on any atom is 0.325 e. The Bertz CT molecular complexity index is 756. The number of carboxylic acid groups (broad SMARTS) is 1. The second kappa shape index (κ2) is 14.8. The molecular weight excluding hydrogens is 448 g/mol. The van der Waals surface area contributed by atoms with Crippen LogP contribution in [0.25, 0.3) is 0 Å². The Labute approximate surface area is 199 Å². The fourth-order valence-corrected chi connectivity index (χ4v) is 2.66. The van der Waals surface area contributed by atoms with Crippen LogP contribution in [0.4, 0.5) is 0 Å². The molecule has 0 saturated heterocycles. The van der Waals surface area contributed by atoms with E-state index in [4.69, 9.17) is 10.8 Å². The van der Waals surface area contributed by atoms with Gasteiger partial charge in [-0.1, -0.05) is 34.1 Å². The summed E-state index contributed by atoms with van der Waals surface area (Å²) in [4.78, 5) is 71.8. The minimum Gasteiger partial charge on any atom is -0.480 e. The van der Waals surface area contributed by atoms with Gasteiger partial charge in [-0.2, -0.15) is 0 Å². The van der Waals surface area contributed by atoms with Crippen molar-refractivity contribution in [1.29, 1.82) is 0 Å². The Morgan fingerprint density at radius 2 is 1.21 bits per heavy atom. The number of aliphatic carboxylic acids is 1. The Morgan fingerprint density at radius 1 is 0.735 bits per heavy atom. The maximum absolute atomic E-state index is 12.6. The van der Waals surface area contributed by atoms with Crippen LogP contribution < -0.4 is 32.3 Å². The summed E-state index contributed by atoms with van der Waals surface area (Å²) in [6, 6.07) is -3.81. The summed E-state index contributed by atoms with van der Waals surface area (Å²) in [5, 5.41) is 20.9. The van der Waals surface area contributed by atoms with Gasteiger partial charge in [0.05, 0.1) is 19.1 Å². The van der Waals surface area contributed by atoms with Gasteiger partial charge < -0.3 is 37.4 Å². The van der Waals surface area contributed by atoms with E-state index in [0.29, 0.717) is 6.42 Å². The molecule has 5 amide bonds. The van der Waals surface area contributed by atoms with Crippen molar-refractivity contribution in [3.63, 3.8) is 0 Å². The van der Waals surface area contributed by atoms with Gasteiger partial charge in [0.2, 0.25) is 29.5 Å². The number of carbonyl (C=O) groups is 6. The minimum atomic E-state index is -1.22. The number of rotatable bonds is 14. The van der Waals surface area contributed by atoms with Crippen molar-refractivity contribution in [3.8, 4) is 0 Å². The van der Waals surface area contributed by atoms with E-state index in [2.05, 4.69) is 26.6 Å². The molecular formula is C21H38N6O7. The van der Waals surface area contributed by atoms with Crippen LogP contribution >= 0.6 is 0 Å². The molecule has 1 unspecified atom stereocenters. The molecule has 0 spiro atoms. The third-order valence-corrected chi connectivity index (χ3v) is 5.07. The highest BCUT2D eigenvalue weighted by molar-refractivity contribution is 5.94. The van der Waals surface area contributed by atoms with Crippen molar-refractivity contribution in [2.75, 3.05) is 13.1 Å². The van der Waals surface area contributed by atoms with Crippen molar-refractivity contribution in [1.82, 2.24) is 26.6 Å². The smallest absolute Gasteiger partial charge is 0.325 e. The topological polar surface area (TPSA) is 209 Å². The summed E-state index contributed by atoms with van der Waals surface area (Å²) in [5.74, 6) is -4.83. The number of carboxylic acids is 1. The van der Waals surface area contributed by atoms with Gasteiger partial charge in [-0.3, -0.25) is 28.8 Å².